The maximum atomic E-state index is 12.9. The van der Waals surface area contributed by atoms with Crippen LogP contribution in [0.4, 0.5) is 4.39 Å². The van der Waals surface area contributed by atoms with Crippen molar-refractivity contribution in [1.82, 2.24) is 0 Å². The Morgan fingerprint density at radius 1 is 1.56 bits per heavy atom. The second kappa shape index (κ2) is 7.22. The van der Waals surface area contributed by atoms with Gasteiger partial charge in [-0.2, -0.15) is 0 Å². The van der Waals surface area contributed by atoms with Crippen molar-refractivity contribution in [3.05, 3.63) is 58.6 Å². The smallest absolute Gasteiger partial charge is 0.116 e. The standard InChI is InChI=1S/C15H18ClFO/c1-4-6-12(5-2)11(3)10-18-15-8-7-13(17)9-14(15)16/h4-6,9H,2,7-8,10H2,1,3H3/b6-4-,12-11+. The number of rotatable bonds is 5. The van der Waals surface area contributed by atoms with Crippen molar-refractivity contribution in [3.63, 3.8) is 0 Å². The third-order valence-corrected chi connectivity index (χ3v) is 2.98. The highest BCUT2D eigenvalue weighted by atomic mass is 35.5. The van der Waals surface area contributed by atoms with Crippen molar-refractivity contribution in [1.29, 1.82) is 0 Å². The molecule has 1 aliphatic carbocycles. The Bertz CT molecular complexity index is 439. The minimum absolute atomic E-state index is 0.194. The van der Waals surface area contributed by atoms with E-state index < -0.39 is 0 Å². The molecule has 0 fully saturated rings. The van der Waals surface area contributed by atoms with Crippen LogP contribution in [0.15, 0.2) is 58.6 Å². The molecule has 0 saturated carbocycles. The van der Waals surface area contributed by atoms with Gasteiger partial charge >= 0.3 is 0 Å². The summed E-state index contributed by atoms with van der Waals surface area (Å²) in [7, 11) is 0. The monoisotopic (exact) mass is 268 g/mol. The largest absolute Gasteiger partial charge is 0.492 e. The summed E-state index contributed by atoms with van der Waals surface area (Å²) < 4.78 is 18.6. The van der Waals surface area contributed by atoms with Crippen LogP contribution in [0, 0.1) is 0 Å². The van der Waals surface area contributed by atoms with E-state index in [1.165, 1.54) is 6.08 Å². The van der Waals surface area contributed by atoms with E-state index in [1.54, 1.807) is 6.08 Å². The van der Waals surface area contributed by atoms with Gasteiger partial charge in [0.1, 0.15) is 18.2 Å². The Labute approximate surface area is 113 Å². The fraction of sp³-hybridized carbons (Fsp3) is 0.333. The van der Waals surface area contributed by atoms with Gasteiger partial charge in [-0.15, -0.1) is 0 Å². The van der Waals surface area contributed by atoms with Crippen LogP contribution in [0.3, 0.4) is 0 Å². The Morgan fingerprint density at radius 3 is 2.83 bits per heavy atom. The summed E-state index contributed by atoms with van der Waals surface area (Å²) in [5.74, 6) is 0.460. The molecule has 1 aliphatic rings. The first-order valence-corrected chi connectivity index (χ1v) is 6.28. The van der Waals surface area contributed by atoms with Gasteiger partial charge in [0.2, 0.25) is 0 Å². The van der Waals surface area contributed by atoms with Crippen molar-refractivity contribution in [2.45, 2.75) is 26.7 Å². The summed E-state index contributed by atoms with van der Waals surface area (Å²) in [5.41, 5.74) is 2.10. The fourth-order valence-electron chi connectivity index (χ4n) is 1.63. The molecule has 3 heteroatoms. The van der Waals surface area contributed by atoms with E-state index in [0.717, 1.165) is 11.1 Å². The molecule has 0 heterocycles. The zero-order valence-corrected chi connectivity index (χ0v) is 11.6. The average Bonchev–Trinajstić information content (AvgIpc) is 2.34. The van der Waals surface area contributed by atoms with E-state index in [2.05, 4.69) is 6.58 Å². The van der Waals surface area contributed by atoms with Crippen LogP contribution in [0.25, 0.3) is 0 Å². The van der Waals surface area contributed by atoms with Crippen molar-refractivity contribution in [3.8, 4) is 0 Å². The minimum Gasteiger partial charge on any atom is -0.492 e. The highest BCUT2D eigenvalue weighted by Crippen LogP contribution is 2.28. The molecule has 1 rings (SSSR count). The van der Waals surface area contributed by atoms with E-state index in [0.29, 0.717) is 30.2 Å². The van der Waals surface area contributed by atoms with Crippen molar-refractivity contribution in [2.24, 2.45) is 0 Å². The lowest BCUT2D eigenvalue weighted by Crippen LogP contribution is -2.02. The number of ether oxygens (including phenoxy) is 1. The van der Waals surface area contributed by atoms with Gasteiger partial charge in [0, 0.05) is 12.8 Å². The van der Waals surface area contributed by atoms with Gasteiger partial charge < -0.3 is 4.74 Å². The SMILES string of the molecule is C=CC(/C=C\C)=C(/C)COC1=C(Cl)C=C(F)CC1. The highest BCUT2D eigenvalue weighted by molar-refractivity contribution is 6.31. The molecule has 0 atom stereocenters. The summed E-state index contributed by atoms with van der Waals surface area (Å²) in [6.45, 7) is 8.12. The van der Waals surface area contributed by atoms with Crippen LogP contribution in [-0.2, 0) is 4.74 Å². The second-order valence-electron chi connectivity index (χ2n) is 4.09. The highest BCUT2D eigenvalue weighted by Gasteiger charge is 2.13. The van der Waals surface area contributed by atoms with E-state index >= 15 is 0 Å². The predicted molar refractivity (Wildman–Crippen MR) is 75.0 cm³/mol. The molecule has 1 nitrogen and oxygen atoms in total. The third-order valence-electron chi connectivity index (χ3n) is 2.66. The first-order chi connectivity index (χ1) is 8.58. The van der Waals surface area contributed by atoms with Crippen molar-refractivity contribution >= 4 is 11.6 Å². The number of halogens is 2. The van der Waals surface area contributed by atoms with Gasteiger partial charge in [-0.25, -0.2) is 4.39 Å². The average molecular weight is 269 g/mol. The van der Waals surface area contributed by atoms with Gasteiger partial charge in [-0.3, -0.25) is 0 Å². The molecule has 0 unspecified atom stereocenters. The molecule has 0 N–H and O–H groups in total. The molecule has 0 radical (unpaired) electrons. The molecule has 0 aromatic heterocycles. The molecule has 0 spiro atoms. The first-order valence-electron chi connectivity index (χ1n) is 5.91. The molecule has 0 aromatic rings. The Hall–Kier alpha value is -1.28. The lowest BCUT2D eigenvalue weighted by atomic mass is 10.1. The molecular weight excluding hydrogens is 251 g/mol. The van der Waals surface area contributed by atoms with E-state index in [-0.39, 0.29) is 5.83 Å². The molecule has 98 valence electrons. The Morgan fingerprint density at radius 2 is 2.28 bits per heavy atom. The Balaban J connectivity index is 2.71. The van der Waals surface area contributed by atoms with Crippen LogP contribution < -0.4 is 0 Å². The summed E-state index contributed by atoms with van der Waals surface area (Å²) in [6.07, 6.45) is 7.90. The first kappa shape index (κ1) is 14.8. The third kappa shape index (κ3) is 4.19. The van der Waals surface area contributed by atoms with Crippen molar-refractivity contribution < 1.29 is 9.13 Å². The topological polar surface area (TPSA) is 9.23 Å². The van der Waals surface area contributed by atoms with Crippen molar-refractivity contribution in [2.75, 3.05) is 6.61 Å². The van der Waals surface area contributed by atoms with Gasteiger partial charge in [0.25, 0.3) is 0 Å². The summed E-state index contributed by atoms with van der Waals surface area (Å²) >= 11 is 5.92. The van der Waals surface area contributed by atoms with E-state index in [9.17, 15) is 4.39 Å². The summed E-state index contributed by atoms with van der Waals surface area (Å²) in [6, 6.07) is 0. The van der Waals surface area contributed by atoms with Gasteiger partial charge in [-0.05, 0) is 31.1 Å². The molecule has 0 amide bonds. The quantitative estimate of drug-likeness (QED) is 0.624. The van der Waals surface area contributed by atoms with Crippen LogP contribution in [0.5, 0.6) is 0 Å². The maximum Gasteiger partial charge on any atom is 0.116 e. The number of allylic oxidation sites excluding steroid dienone is 8. The minimum atomic E-state index is -0.194. The summed E-state index contributed by atoms with van der Waals surface area (Å²) in [4.78, 5) is 0. The number of hydrogen-bond acceptors (Lipinski definition) is 1. The van der Waals surface area contributed by atoms with Crippen LogP contribution >= 0.6 is 11.6 Å². The predicted octanol–water partition coefficient (Wildman–Crippen LogP) is 5.18. The van der Waals surface area contributed by atoms with E-state index in [4.69, 9.17) is 16.3 Å². The zero-order chi connectivity index (χ0) is 13.5. The maximum absolute atomic E-state index is 12.9. The molecule has 18 heavy (non-hydrogen) atoms. The fourth-order valence-corrected chi connectivity index (χ4v) is 1.89. The molecule has 0 aliphatic heterocycles. The summed E-state index contributed by atoms with van der Waals surface area (Å²) in [5, 5.41) is 0.359. The van der Waals surface area contributed by atoms with Gasteiger partial charge in [0.05, 0.1) is 5.03 Å². The molecule has 0 saturated heterocycles. The van der Waals surface area contributed by atoms with Crippen LogP contribution in [0.2, 0.25) is 0 Å². The number of hydrogen-bond donors (Lipinski definition) is 0. The lowest BCUT2D eigenvalue weighted by molar-refractivity contribution is 0.223. The Kier molecular flexibility index (Phi) is 5.93. The zero-order valence-electron chi connectivity index (χ0n) is 10.8. The van der Waals surface area contributed by atoms with Gasteiger partial charge in [-0.1, -0.05) is 36.4 Å². The van der Waals surface area contributed by atoms with Crippen LogP contribution in [-0.4, -0.2) is 6.61 Å². The molecule has 0 bridgehead atoms. The lowest BCUT2D eigenvalue weighted by Gasteiger charge is -2.15. The van der Waals surface area contributed by atoms with Crippen LogP contribution in [0.1, 0.15) is 26.7 Å². The normalized spacial score (nSPS) is 17.7. The van der Waals surface area contributed by atoms with E-state index in [1.807, 2.05) is 26.0 Å². The second-order valence-corrected chi connectivity index (χ2v) is 4.50. The molecular formula is C15H18ClFO. The molecule has 0 aromatic carbocycles. The van der Waals surface area contributed by atoms with Gasteiger partial charge in [0.15, 0.2) is 0 Å².